The Morgan fingerprint density at radius 3 is 1.53 bits per heavy atom. The van der Waals surface area contributed by atoms with E-state index in [1.807, 2.05) is 0 Å². The van der Waals surface area contributed by atoms with E-state index in [9.17, 15) is 9.59 Å². The molecule has 5 heteroatoms. The van der Waals surface area contributed by atoms with Gasteiger partial charge in [0.05, 0.1) is 0 Å². The molecule has 0 aliphatic rings. The topological polar surface area (TPSA) is 59.9 Å². The first-order chi connectivity index (χ1) is 7.79. The summed E-state index contributed by atoms with van der Waals surface area (Å²) in [5.41, 5.74) is -0.398. The minimum Gasteiger partial charge on any atom is -1.00 e. The second kappa shape index (κ2) is 9.84. The van der Waals surface area contributed by atoms with E-state index < -0.39 is 0 Å². The van der Waals surface area contributed by atoms with Crippen molar-refractivity contribution < 1.29 is 31.0 Å². The van der Waals surface area contributed by atoms with Gasteiger partial charge in [0.25, 0.3) is 11.1 Å². The van der Waals surface area contributed by atoms with Crippen LogP contribution in [-0.2, 0) is 0 Å². The van der Waals surface area contributed by atoms with Crippen LogP contribution in [0.15, 0.2) is 70.5 Å². The van der Waals surface area contributed by atoms with Crippen molar-refractivity contribution in [2.75, 3.05) is 0 Å². The molecule has 0 aromatic carbocycles. The van der Waals surface area contributed by atoms with Crippen molar-refractivity contribution >= 4 is 0 Å². The maximum atomic E-state index is 10.4. The summed E-state index contributed by atoms with van der Waals surface area (Å²) in [6.45, 7) is 0. The van der Waals surface area contributed by atoms with Gasteiger partial charge in [0.15, 0.2) is 0 Å². The summed E-state index contributed by atoms with van der Waals surface area (Å²) >= 11 is 0. The molecule has 0 unspecified atom stereocenters. The first kappa shape index (κ1) is 15.6. The van der Waals surface area contributed by atoms with Crippen molar-refractivity contribution in [2.24, 2.45) is 0 Å². The number of hydrogen-bond donors (Lipinski definition) is 0. The molecule has 0 radical (unpaired) electrons. The summed E-state index contributed by atoms with van der Waals surface area (Å²) in [4.78, 5) is 27.7. The molecule has 0 aliphatic heterocycles. The maximum absolute atomic E-state index is 10.4. The number of aromatic nitrogens is 2. The van der Waals surface area contributed by atoms with Gasteiger partial charge in [-0.05, 0) is 12.1 Å². The molecule has 0 saturated heterocycles. The monoisotopic (exact) mass is 238 g/mol. The standard InChI is InChI=1S/2C6H5NO.Na.H/c2*8-6-4-2-1-3-5-7-6;;/h2*1-5H;;/q;;+1;-1. The summed E-state index contributed by atoms with van der Waals surface area (Å²) in [7, 11) is 0. The minimum atomic E-state index is -0.199. The Morgan fingerprint density at radius 1 is 0.706 bits per heavy atom. The predicted molar refractivity (Wildman–Crippen MR) is 62.1 cm³/mol. The van der Waals surface area contributed by atoms with Crippen LogP contribution in [-0.4, -0.2) is 9.97 Å². The molecule has 0 atom stereocenters. The molecule has 0 spiro atoms. The zero-order chi connectivity index (χ0) is 11.6. The van der Waals surface area contributed by atoms with Gasteiger partial charge >= 0.3 is 29.6 Å². The van der Waals surface area contributed by atoms with Gasteiger partial charge in [-0.25, -0.2) is 9.97 Å². The van der Waals surface area contributed by atoms with Crippen LogP contribution >= 0.6 is 0 Å². The summed E-state index contributed by atoms with van der Waals surface area (Å²) in [6, 6.07) is 13.1. The van der Waals surface area contributed by atoms with E-state index >= 15 is 0 Å². The molecule has 0 bridgehead atoms. The van der Waals surface area contributed by atoms with E-state index in [0.717, 1.165) is 0 Å². The van der Waals surface area contributed by atoms with Gasteiger partial charge in [-0.15, -0.1) is 0 Å². The smallest absolute Gasteiger partial charge is 1.00 e. The molecule has 0 amide bonds. The molecular weight excluding hydrogens is 227 g/mol. The largest absolute Gasteiger partial charge is 1.00 e. The zero-order valence-electron chi connectivity index (χ0n) is 10.5. The van der Waals surface area contributed by atoms with Crippen LogP contribution in [0.4, 0.5) is 0 Å². The fourth-order valence-corrected chi connectivity index (χ4v) is 0.822. The normalized spacial score (nSPS) is 8.00. The van der Waals surface area contributed by atoms with Gasteiger partial charge in [0.2, 0.25) is 0 Å². The molecule has 0 aliphatic carbocycles. The van der Waals surface area contributed by atoms with Gasteiger partial charge in [-0.3, -0.25) is 9.59 Å². The number of nitrogens with zero attached hydrogens (tertiary/aromatic N) is 2. The summed E-state index contributed by atoms with van der Waals surface area (Å²) < 4.78 is 0. The van der Waals surface area contributed by atoms with Crippen LogP contribution in [0.1, 0.15) is 1.43 Å². The molecule has 4 nitrogen and oxygen atoms in total. The average Bonchev–Trinajstić information content (AvgIpc) is 2.64. The molecule has 0 fully saturated rings. The zero-order valence-corrected chi connectivity index (χ0v) is 11.5. The Hall–Kier alpha value is -1.36. The van der Waals surface area contributed by atoms with Crippen molar-refractivity contribution in [3.05, 3.63) is 81.6 Å². The first-order valence-electron chi connectivity index (χ1n) is 4.62. The van der Waals surface area contributed by atoms with E-state index in [-0.39, 0.29) is 42.1 Å². The third-order valence-corrected chi connectivity index (χ3v) is 1.50. The molecule has 82 valence electrons. The Labute approximate surface area is 122 Å². The van der Waals surface area contributed by atoms with Crippen LogP contribution in [0.25, 0.3) is 0 Å². The molecule has 2 heterocycles. The molecule has 2 aromatic rings. The predicted octanol–water partition coefficient (Wildman–Crippen LogP) is -2.00. The Bertz CT molecular complexity index is 460. The fraction of sp³-hybridized carbons (Fsp3) is 0. The Morgan fingerprint density at radius 2 is 1.12 bits per heavy atom. The molecule has 17 heavy (non-hydrogen) atoms. The maximum Gasteiger partial charge on any atom is 1.00 e. The Balaban J connectivity index is 0. The second-order valence-corrected chi connectivity index (χ2v) is 2.72. The number of rotatable bonds is 0. The Kier molecular flexibility index (Phi) is 9.05. The second-order valence-electron chi connectivity index (χ2n) is 2.72. The van der Waals surface area contributed by atoms with Crippen molar-refractivity contribution in [2.45, 2.75) is 0 Å². The third kappa shape index (κ3) is 8.45. The van der Waals surface area contributed by atoms with Gasteiger partial charge < -0.3 is 1.43 Å². The third-order valence-electron chi connectivity index (χ3n) is 1.50. The number of hydrogen-bond acceptors (Lipinski definition) is 4. The molecule has 2 aromatic heterocycles. The fourth-order valence-electron chi connectivity index (χ4n) is 0.822. The van der Waals surface area contributed by atoms with E-state index in [0.29, 0.717) is 0 Å². The minimum absolute atomic E-state index is 0. The van der Waals surface area contributed by atoms with Gasteiger partial charge in [0, 0.05) is 24.5 Å². The summed E-state index contributed by atoms with van der Waals surface area (Å²) in [5.74, 6) is 0. The summed E-state index contributed by atoms with van der Waals surface area (Å²) in [6.07, 6.45) is 2.95. The van der Waals surface area contributed by atoms with Crippen LogP contribution in [0, 0.1) is 0 Å². The molecule has 0 N–H and O–H groups in total. The van der Waals surface area contributed by atoms with Crippen molar-refractivity contribution in [3.63, 3.8) is 0 Å². The van der Waals surface area contributed by atoms with Crippen LogP contribution in [0.5, 0.6) is 0 Å². The van der Waals surface area contributed by atoms with Gasteiger partial charge in [-0.2, -0.15) is 0 Å². The van der Waals surface area contributed by atoms with Gasteiger partial charge in [0.1, 0.15) is 0 Å². The first-order valence-corrected chi connectivity index (χ1v) is 4.62. The average molecular weight is 238 g/mol. The van der Waals surface area contributed by atoms with Crippen molar-refractivity contribution in [3.8, 4) is 0 Å². The van der Waals surface area contributed by atoms with E-state index in [4.69, 9.17) is 0 Å². The SMILES string of the molecule is O=c1cccccn1.O=c1cccccn1.[H-].[Na+]. The van der Waals surface area contributed by atoms with E-state index in [1.54, 1.807) is 36.4 Å². The molecule has 0 saturated carbocycles. The summed E-state index contributed by atoms with van der Waals surface area (Å²) in [5, 5.41) is 0. The van der Waals surface area contributed by atoms with Gasteiger partial charge in [-0.1, -0.05) is 24.3 Å². The van der Waals surface area contributed by atoms with Crippen LogP contribution in [0.2, 0.25) is 0 Å². The van der Waals surface area contributed by atoms with Crippen LogP contribution < -0.4 is 40.7 Å². The van der Waals surface area contributed by atoms with Crippen molar-refractivity contribution in [1.29, 1.82) is 0 Å². The van der Waals surface area contributed by atoms with E-state index in [2.05, 4.69) is 9.97 Å². The van der Waals surface area contributed by atoms with Crippen LogP contribution in [0.3, 0.4) is 0 Å². The van der Waals surface area contributed by atoms with Crippen molar-refractivity contribution in [1.82, 2.24) is 9.97 Å². The quantitative estimate of drug-likeness (QED) is 0.498. The molecule has 2 rings (SSSR count). The molecular formula is C12H11N2NaO2. The van der Waals surface area contributed by atoms with E-state index in [1.165, 1.54) is 24.5 Å².